The highest BCUT2D eigenvalue weighted by Crippen LogP contribution is 2.43. The number of fused-ring (bicyclic) bond motifs is 2. The number of rotatable bonds is 1. The van der Waals surface area contributed by atoms with E-state index in [1.807, 2.05) is 0 Å². The summed E-state index contributed by atoms with van der Waals surface area (Å²) < 4.78 is 13.6. The summed E-state index contributed by atoms with van der Waals surface area (Å²) in [5.74, 6) is 0.204. The molecule has 3 atom stereocenters. The molecule has 0 radical (unpaired) electrons. The van der Waals surface area contributed by atoms with Crippen LogP contribution in [0.2, 0.25) is 0 Å². The maximum atomic E-state index is 13.6. The van der Waals surface area contributed by atoms with Crippen molar-refractivity contribution in [1.82, 2.24) is 5.32 Å². The molecule has 0 aromatic heterocycles. The van der Waals surface area contributed by atoms with Crippen LogP contribution in [0.4, 0.5) is 4.39 Å². The van der Waals surface area contributed by atoms with Gasteiger partial charge < -0.3 is 5.32 Å². The van der Waals surface area contributed by atoms with E-state index in [4.69, 9.17) is 0 Å². The van der Waals surface area contributed by atoms with Crippen LogP contribution in [-0.2, 0) is 0 Å². The Hall–Kier alpha value is -0.370. The van der Waals surface area contributed by atoms with Gasteiger partial charge in [-0.15, -0.1) is 0 Å². The largest absolute Gasteiger partial charge is 0.313 e. The number of allylic oxidation sites excluding steroid dienone is 1. The van der Waals surface area contributed by atoms with Crippen LogP contribution >= 0.6 is 0 Å². The Kier molecular flexibility index (Phi) is 1.15. The lowest BCUT2D eigenvalue weighted by atomic mass is 9.92. The summed E-state index contributed by atoms with van der Waals surface area (Å²) in [7, 11) is 0. The van der Waals surface area contributed by atoms with Gasteiger partial charge in [0.1, 0.15) is 5.67 Å². The van der Waals surface area contributed by atoms with Gasteiger partial charge in [-0.1, -0.05) is 12.7 Å². The van der Waals surface area contributed by atoms with Gasteiger partial charge in [-0.05, 0) is 6.42 Å². The van der Waals surface area contributed by atoms with Crippen LogP contribution in [0.5, 0.6) is 0 Å². The fourth-order valence-corrected chi connectivity index (χ4v) is 2.13. The van der Waals surface area contributed by atoms with Gasteiger partial charge in [0, 0.05) is 24.9 Å². The zero-order chi connectivity index (χ0) is 7.19. The van der Waals surface area contributed by atoms with E-state index >= 15 is 0 Å². The second-order valence-corrected chi connectivity index (χ2v) is 3.37. The SMILES string of the molecule is C=CC1(F)CC2CC1CN2. The van der Waals surface area contributed by atoms with Crippen molar-refractivity contribution in [1.29, 1.82) is 0 Å². The number of hydrogen-bond donors (Lipinski definition) is 1. The minimum absolute atomic E-state index is 0.204. The first-order valence-electron chi connectivity index (χ1n) is 3.80. The third-order valence-electron chi connectivity index (χ3n) is 2.80. The fraction of sp³-hybridized carbons (Fsp3) is 0.750. The van der Waals surface area contributed by atoms with Crippen molar-refractivity contribution in [3.05, 3.63) is 12.7 Å². The molecule has 0 amide bonds. The van der Waals surface area contributed by atoms with Gasteiger partial charge >= 0.3 is 0 Å². The Morgan fingerprint density at radius 3 is 2.80 bits per heavy atom. The summed E-state index contributed by atoms with van der Waals surface area (Å²) in [6, 6.07) is 0.424. The molecule has 1 N–H and O–H groups in total. The van der Waals surface area contributed by atoms with Crippen molar-refractivity contribution in [3.8, 4) is 0 Å². The van der Waals surface area contributed by atoms with Gasteiger partial charge in [0.25, 0.3) is 0 Å². The minimum atomic E-state index is -1.05. The highest BCUT2D eigenvalue weighted by molar-refractivity contribution is 5.13. The second kappa shape index (κ2) is 1.82. The van der Waals surface area contributed by atoms with Crippen molar-refractivity contribution in [3.63, 3.8) is 0 Å². The number of piperidine rings is 1. The van der Waals surface area contributed by atoms with E-state index in [1.165, 1.54) is 6.08 Å². The summed E-state index contributed by atoms with van der Waals surface area (Å²) in [6.07, 6.45) is 3.13. The topological polar surface area (TPSA) is 12.0 Å². The van der Waals surface area contributed by atoms with Crippen LogP contribution in [0.15, 0.2) is 12.7 Å². The molecule has 0 aromatic carbocycles. The van der Waals surface area contributed by atoms with Gasteiger partial charge in [0.15, 0.2) is 0 Å². The van der Waals surface area contributed by atoms with E-state index < -0.39 is 5.67 Å². The molecule has 1 nitrogen and oxygen atoms in total. The molecule has 1 aliphatic heterocycles. The van der Waals surface area contributed by atoms with Crippen LogP contribution < -0.4 is 5.32 Å². The van der Waals surface area contributed by atoms with E-state index in [0.29, 0.717) is 12.5 Å². The van der Waals surface area contributed by atoms with Crippen LogP contribution in [0, 0.1) is 5.92 Å². The van der Waals surface area contributed by atoms with E-state index in [2.05, 4.69) is 11.9 Å². The number of hydrogen-bond acceptors (Lipinski definition) is 1. The highest BCUT2D eigenvalue weighted by atomic mass is 19.1. The second-order valence-electron chi connectivity index (χ2n) is 3.37. The fourth-order valence-electron chi connectivity index (χ4n) is 2.13. The summed E-state index contributed by atoms with van der Waals surface area (Å²) in [6.45, 7) is 4.37. The maximum absolute atomic E-state index is 13.6. The van der Waals surface area contributed by atoms with Crippen LogP contribution in [0.1, 0.15) is 12.8 Å². The highest BCUT2D eigenvalue weighted by Gasteiger charge is 2.49. The van der Waals surface area contributed by atoms with Crippen molar-refractivity contribution in [2.45, 2.75) is 24.6 Å². The smallest absolute Gasteiger partial charge is 0.134 e. The summed E-state index contributed by atoms with van der Waals surface area (Å²) in [4.78, 5) is 0. The molecule has 2 rings (SSSR count). The summed E-state index contributed by atoms with van der Waals surface area (Å²) >= 11 is 0. The monoisotopic (exact) mass is 141 g/mol. The lowest BCUT2D eigenvalue weighted by molar-refractivity contribution is 0.152. The third-order valence-corrected chi connectivity index (χ3v) is 2.80. The maximum Gasteiger partial charge on any atom is 0.134 e. The van der Waals surface area contributed by atoms with Crippen molar-refractivity contribution in [2.75, 3.05) is 6.54 Å². The van der Waals surface area contributed by atoms with Crippen LogP contribution in [0.25, 0.3) is 0 Å². The molecule has 2 heteroatoms. The Morgan fingerprint density at radius 1 is 1.70 bits per heavy atom. The lowest BCUT2D eigenvalue weighted by Crippen LogP contribution is -2.38. The molecule has 1 heterocycles. The molecule has 1 saturated carbocycles. The standard InChI is InChI=1S/C8H12FN/c1-2-8(9)4-7-3-6(8)5-10-7/h2,6-7,10H,1,3-5H2. The molecule has 10 heavy (non-hydrogen) atoms. The molecule has 1 aliphatic carbocycles. The average Bonchev–Trinajstić information content (AvgIpc) is 2.46. The van der Waals surface area contributed by atoms with Gasteiger partial charge in [-0.25, -0.2) is 4.39 Å². The minimum Gasteiger partial charge on any atom is -0.313 e. The first-order valence-corrected chi connectivity index (χ1v) is 3.80. The molecule has 1 saturated heterocycles. The Morgan fingerprint density at radius 2 is 2.50 bits per heavy atom. The van der Waals surface area contributed by atoms with Gasteiger partial charge in [0.05, 0.1) is 0 Å². The average molecular weight is 141 g/mol. The molecule has 2 fully saturated rings. The van der Waals surface area contributed by atoms with Crippen LogP contribution in [0.3, 0.4) is 0 Å². The van der Waals surface area contributed by atoms with Crippen molar-refractivity contribution < 1.29 is 4.39 Å². The first-order chi connectivity index (χ1) is 4.74. The summed E-state index contributed by atoms with van der Waals surface area (Å²) in [5.41, 5.74) is -1.05. The number of nitrogens with one attached hydrogen (secondary N) is 1. The third kappa shape index (κ3) is 0.655. The molecule has 0 aromatic rings. The predicted octanol–water partition coefficient (Wildman–Crippen LogP) is 1.26. The van der Waals surface area contributed by atoms with E-state index in [1.54, 1.807) is 0 Å². The molecule has 56 valence electrons. The van der Waals surface area contributed by atoms with Crippen molar-refractivity contribution >= 4 is 0 Å². The van der Waals surface area contributed by atoms with Gasteiger partial charge in [-0.3, -0.25) is 0 Å². The zero-order valence-electron chi connectivity index (χ0n) is 5.94. The van der Waals surface area contributed by atoms with Crippen LogP contribution in [-0.4, -0.2) is 18.3 Å². The van der Waals surface area contributed by atoms with E-state index in [-0.39, 0.29) is 5.92 Å². The summed E-state index contributed by atoms with van der Waals surface area (Å²) in [5, 5.41) is 3.26. The quantitative estimate of drug-likeness (QED) is 0.542. The van der Waals surface area contributed by atoms with E-state index in [0.717, 1.165) is 13.0 Å². The van der Waals surface area contributed by atoms with Gasteiger partial charge in [-0.2, -0.15) is 0 Å². The first kappa shape index (κ1) is 6.35. The molecule has 0 spiro atoms. The Balaban J connectivity index is 2.21. The number of alkyl halides is 1. The Labute approximate surface area is 60.3 Å². The molecular weight excluding hydrogens is 129 g/mol. The molecule has 3 unspecified atom stereocenters. The molecule has 2 aliphatic rings. The Bertz CT molecular complexity index is 169. The zero-order valence-corrected chi connectivity index (χ0v) is 5.94. The van der Waals surface area contributed by atoms with E-state index in [9.17, 15) is 4.39 Å². The normalized spacial score (nSPS) is 51.7. The molecular formula is C8H12FN. The molecule has 2 bridgehead atoms. The number of halogens is 1. The van der Waals surface area contributed by atoms with Crippen molar-refractivity contribution in [2.24, 2.45) is 5.92 Å². The lowest BCUT2D eigenvalue weighted by Gasteiger charge is -2.26. The predicted molar refractivity (Wildman–Crippen MR) is 38.6 cm³/mol. The van der Waals surface area contributed by atoms with Gasteiger partial charge in [0.2, 0.25) is 0 Å².